The zero-order chi connectivity index (χ0) is 17.4. The number of hydrogen-bond donors (Lipinski definition) is 0. The number of hydrogen-bond acceptors (Lipinski definition) is 3. The van der Waals surface area contributed by atoms with Gasteiger partial charge in [0.1, 0.15) is 12.2 Å². The second-order valence-corrected chi connectivity index (χ2v) is 5.76. The number of rotatable bonds is 2. The van der Waals surface area contributed by atoms with Crippen molar-refractivity contribution in [2.45, 2.75) is 32.6 Å². The van der Waals surface area contributed by atoms with Gasteiger partial charge in [-0.3, -0.25) is 14.6 Å². The number of imide groups is 1. The number of imidazole rings is 1. The Kier molecular flexibility index (Phi) is 4.02. The molecule has 2 aliphatic rings. The highest BCUT2D eigenvalue weighted by Gasteiger charge is 2.36. The van der Waals surface area contributed by atoms with Gasteiger partial charge in [-0.15, -0.1) is 6.42 Å². The van der Waals surface area contributed by atoms with Crippen LogP contribution in [0.2, 0.25) is 0 Å². The standard InChI is InChI=1S/C16H14N4O2.C2H6/c1-3-12-8-19-7-11(10-4-5-10)6-13(15(19)17-12)20-9-14(21)18(2)16(20)22;1-2/h1,6-8,10H,4-5,9H2,2H3;1-2H3. The fourth-order valence-electron chi connectivity index (χ4n) is 2.79. The predicted molar refractivity (Wildman–Crippen MR) is 92.0 cm³/mol. The summed E-state index contributed by atoms with van der Waals surface area (Å²) in [4.78, 5) is 31.1. The molecule has 2 aromatic rings. The molecule has 3 heterocycles. The largest absolute Gasteiger partial charge is 0.331 e. The molecule has 6 nitrogen and oxygen atoms in total. The van der Waals surface area contributed by atoms with Crippen LogP contribution in [0.5, 0.6) is 0 Å². The molecule has 2 aromatic heterocycles. The van der Waals surface area contributed by atoms with Crippen LogP contribution in [0.1, 0.15) is 43.9 Å². The van der Waals surface area contributed by atoms with E-state index in [1.54, 1.807) is 6.20 Å². The molecule has 0 aromatic carbocycles. The van der Waals surface area contributed by atoms with Crippen molar-refractivity contribution in [3.63, 3.8) is 0 Å². The van der Waals surface area contributed by atoms with E-state index in [4.69, 9.17) is 6.42 Å². The van der Waals surface area contributed by atoms with Crippen LogP contribution >= 0.6 is 0 Å². The van der Waals surface area contributed by atoms with Crippen molar-refractivity contribution >= 4 is 23.3 Å². The summed E-state index contributed by atoms with van der Waals surface area (Å²) in [6.07, 6.45) is 11.5. The lowest BCUT2D eigenvalue weighted by Gasteiger charge is -2.17. The molecule has 0 atom stereocenters. The molecule has 0 radical (unpaired) electrons. The summed E-state index contributed by atoms with van der Waals surface area (Å²) in [5.74, 6) is 2.82. The molecule has 1 aliphatic heterocycles. The van der Waals surface area contributed by atoms with Crippen LogP contribution in [-0.2, 0) is 4.79 Å². The zero-order valence-corrected chi connectivity index (χ0v) is 14.1. The number of anilines is 1. The van der Waals surface area contributed by atoms with Crippen LogP contribution in [-0.4, -0.2) is 39.8 Å². The molecule has 0 unspecified atom stereocenters. The predicted octanol–water partition coefficient (Wildman–Crippen LogP) is 2.62. The minimum absolute atomic E-state index is 0.0390. The van der Waals surface area contributed by atoms with Gasteiger partial charge in [0, 0.05) is 19.4 Å². The Morgan fingerprint density at radius 2 is 1.96 bits per heavy atom. The lowest BCUT2D eigenvalue weighted by molar-refractivity contribution is -0.123. The third-order valence-electron chi connectivity index (χ3n) is 4.23. The van der Waals surface area contributed by atoms with Gasteiger partial charge in [0.2, 0.25) is 5.91 Å². The van der Waals surface area contributed by atoms with E-state index in [9.17, 15) is 9.59 Å². The van der Waals surface area contributed by atoms with E-state index in [1.165, 1.54) is 11.9 Å². The zero-order valence-electron chi connectivity index (χ0n) is 14.1. The van der Waals surface area contributed by atoms with Gasteiger partial charge in [0.25, 0.3) is 0 Å². The van der Waals surface area contributed by atoms with Crippen molar-refractivity contribution < 1.29 is 9.59 Å². The number of fused-ring (bicyclic) bond motifs is 1. The topological polar surface area (TPSA) is 57.9 Å². The fraction of sp³-hybridized carbons (Fsp3) is 0.389. The molecule has 1 aliphatic carbocycles. The molecular formula is C18H20N4O2. The van der Waals surface area contributed by atoms with Crippen molar-refractivity contribution in [1.82, 2.24) is 14.3 Å². The number of aromatic nitrogens is 2. The Bertz CT molecular complexity index is 858. The molecule has 0 bridgehead atoms. The highest BCUT2D eigenvalue weighted by Crippen LogP contribution is 2.42. The van der Waals surface area contributed by atoms with Gasteiger partial charge in [-0.1, -0.05) is 13.8 Å². The maximum absolute atomic E-state index is 12.3. The summed E-state index contributed by atoms with van der Waals surface area (Å²) in [6.45, 7) is 4.04. The van der Waals surface area contributed by atoms with Crippen molar-refractivity contribution in [2.75, 3.05) is 18.5 Å². The monoisotopic (exact) mass is 324 g/mol. The maximum atomic E-state index is 12.3. The number of terminal acetylenes is 1. The van der Waals surface area contributed by atoms with E-state index < -0.39 is 0 Å². The normalized spacial score (nSPS) is 17.1. The number of amides is 3. The highest BCUT2D eigenvalue weighted by molar-refractivity contribution is 6.13. The number of nitrogens with zero attached hydrogens (tertiary/aromatic N) is 4. The molecule has 0 spiro atoms. The van der Waals surface area contributed by atoms with Gasteiger partial charge in [0.15, 0.2) is 5.65 Å². The lowest BCUT2D eigenvalue weighted by Crippen LogP contribution is -2.30. The van der Waals surface area contributed by atoms with Crippen LogP contribution in [0.15, 0.2) is 18.5 Å². The van der Waals surface area contributed by atoms with Crippen LogP contribution < -0.4 is 4.90 Å². The summed E-state index contributed by atoms with van der Waals surface area (Å²) >= 11 is 0. The first kappa shape index (κ1) is 16.1. The Hall–Kier alpha value is -2.81. The van der Waals surface area contributed by atoms with Gasteiger partial charge in [-0.05, 0) is 36.3 Å². The van der Waals surface area contributed by atoms with E-state index in [-0.39, 0.29) is 18.5 Å². The van der Waals surface area contributed by atoms with Gasteiger partial charge >= 0.3 is 6.03 Å². The van der Waals surface area contributed by atoms with Crippen LogP contribution in [0.4, 0.5) is 10.5 Å². The minimum Gasteiger partial charge on any atom is -0.304 e. The van der Waals surface area contributed by atoms with Crippen LogP contribution in [0, 0.1) is 12.3 Å². The Labute approximate surface area is 141 Å². The SMILES string of the molecule is C#Cc1cn2cc(C3CC3)cc(N3CC(=O)N(C)C3=O)c2n1.CC. The van der Waals surface area contributed by atoms with Gasteiger partial charge in [-0.25, -0.2) is 9.78 Å². The maximum Gasteiger partial charge on any atom is 0.331 e. The Morgan fingerprint density at radius 3 is 2.50 bits per heavy atom. The average Bonchev–Trinajstić information content (AvgIpc) is 3.32. The molecule has 4 rings (SSSR count). The highest BCUT2D eigenvalue weighted by atomic mass is 16.2. The molecular weight excluding hydrogens is 304 g/mol. The molecule has 1 saturated carbocycles. The summed E-state index contributed by atoms with van der Waals surface area (Å²) in [5.41, 5.74) is 2.92. The molecule has 2 fully saturated rings. The first-order chi connectivity index (χ1) is 11.6. The Morgan fingerprint density at radius 1 is 1.25 bits per heavy atom. The van der Waals surface area contributed by atoms with Gasteiger partial charge < -0.3 is 4.40 Å². The van der Waals surface area contributed by atoms with Crippen molar-refractivity contribution in [3.05, 3.63) is 29.7 Å². The van der Waals surface area contributed by atoms with Crippen molar-refractivity contribution in [2.24, 2.45) is 0 Å². The number of carbonyl (C=O) groups is 2. The summed E-state index contributed by atoms with van der Waals surface area (Å²) in [7, 11) is 1.49. The first-order valence-corrected chi connectivity index (χ1v) is 8.16. The van der Waals surface area contributed by atoms with E-state index in [1.807, 2.05) is 30.5 Å². The summed E-state index contributed by atoms with van der Waals surface area (Å²) < 4.78 is 1.86. The Balaban J connectivity index is 0.000000815. The van der Waals surface area contributed by atoms with Gasteiger partial charge in [0.05, 0.1) is 5.69 Å². The lowest BCUT2D eigenvalue weighted by atomic mass is 10.1. The number of likely N-dealkylation sites (N-methyl/N-ethyl adjacent to an activating group) is 1. The number of carbonyl (C=O) groups excluding carboxylic acids is 2. The first-order valence-electron chi connectivity index (χ1n) is 8.16. The molecule has 1 saturated heterocycles. The van der Waals surface area contributed by atoms with Crippen molar-refractivity contribution in [1.29, 1.82) is 0 Å². The molecule has 3 amide bonds. The summed E-state index contributed by atoms with van der Waals surface area (Å²) in [6, 6.07) is 1.63. The second-order valence-electron chi connectivity index (χ2n) is 5.76. The minimum atomic E-state index is -0.329. The third-order valence-corrected chi connectivity index (χ3v) is 4.23. The fourth-order valence-corrected chi connectivity index (χ4v) is 2.79. The van der Waals surface area contributed by atoms with Crippen LogP contribution in [0.25, 0.3) is 5.65 Å². The van der Waals surface area contributed by atoms with Crippen LogP contribution in [0.3, 0.4) is 0 Å². The third kappa shape index (κ3) is 2.52. The average molecular weight is 324 g/mol. The molecule has 124 valence electrons. The molecule has 24 heavy (non-hydrogen) atoms. The van der Waals surface area contributed by atoms with E-state index in [0.29, 0.717) is 22.9 Å². The number of pyridine rings is 1. The van der Waals surface area contributed by atoms with E-state index in [2.05, 4.69) is 10.9 Å². The van der Waals surface area contributed by atoms with Gasteiger partial charge in [-0.2, -0.15) is 0 Å². The van der Waals surface area contributed by atoms with E-state index >= 15 is 0 Å². The van der Waals surface area contributed by atoms with Crippen molar-refractivity contribution in [3.8, 4) is 12.3 Å². The summed E-state index contributed by atoms with van der Waals surface area (Å²) in [5, 5.41) is 0. The van der Waals surface area contributed by atoms with E-state index in [0.717, 1.165) is 23.3 Å². The smallest absolute Gasteiger partial charge is 0.304 e. The second kappa shape index (κ2) is 6.00. The number of urea groups is 1. The molecule has 6 heteroatoms. The molecule has 0 N–H and O–H groups in total. The quantitative estimate of drug-likeness (QED) is 0.630.